The molecule has 0 aromatic carbocycles. The Hall–Kier alpha value is -0.120. The van der Waals surface area contributed by atoms with Crippen LogP contribution in [0.2, 0.25) is 0 Å². The summed E-state index contributed by atoms with van der Waals surface area (Å²) in [6.07, 6.45) is 1.23. The fraction of sp³-hybridized carbons (Fsp3) is 1.00. The van der Waals surface area contributed by atoms with Crippen LogP contribution in [0, 0.1) is 0 Å². The predicted molar refractivity (Wildman–Crippen MR) is 39.0 cm³/mol. The van der Waals surface area contributed by atoms with Gasteiger partial charge < -0.3 is 15.4 Å². The highest BCUT2D eigenvalue weighted by Crippen LogP contribution is 2.26. The molecular formula is C7H14N2O. The van der Waals surface area contributed by atoms with Crippen molar-refractivity contribution >= 4 is 0 Å². The average Bonchev–Trinajstić information content (AvgIpc) is 2.29. The normalized spacial score (nSPS) is 36.3. The van der Waals surface area contributed by atoms with Crippen LogP contribution in [0.3, 0.4) is 0 Å². The molecule has 58 valence electrons. The van der Waals surface area contributed by atoms with Crippen LogP contribution in [-0.4, -0.2) is 38.4 Å². The second kappa shape index (κ2) is 2.19. The summed E-state index contributed by atoms with van der Waals surface area (Å²) >= 11 is 0. The van der Waals surface area contributed by atoms with Gasteiger partial charge in [-0.15, -0.1) is 0 Å². The zero-order valence-corrected chi connectivity index (χ0v) is 6.31. The summed E-state index contributed by atoms with van der Waals surface area (Å²) in [5.74, 6) is 0. The number of ether oxygens (including phenoxy) is 1. The van der Waals surface area contributed by atoms with Crippen molar-refractivity contribution < 1.29 is 4.74 Å². The zero-order valence-electron chi connectivity index (χ0n) is 6.31. The predicted octanol–water partition coefficient (Wildman–Crippen LogP) is -0.663. The van der Waals surface area contributed by atoms with E-state index in [2.05, 4.69) is 10.6 Å². The highest BCUT2D eigenvalue weighted by molar-refractivity contribution is 5.03. The van der Waals surface area contributed by atoms with E-state index < -0.39 is 0 Å². The van der Waals surface area contributed by atoms with Gasteiger partial charge in [0, 0.05) is 12.6 Å². The fourth-order valence-corrected chi connectivity index (χ4v) is 1.73. The highest BCUT2D eigenvalue weighted by atomic mass is 16.5. The lowest BCUT2D eigenvalue weighted by atomic mass is 9.94. The van der Waals surface area contributed by atoms with E-state index in [1.807, 2.05) is 7.05 Å². The Balaban J connectivity index is 1.92. The zero-order chi connectivity index (χ0) is 7.03. The Kier molecular flexibility index (Phi) is 1.44. The van der Waals surface area contributed by atoms with Crippen molar-refractivity contribution in [3.63, 3.8) is 0 Å². The molecule has 2 aliphatic heterocycles. The number of hydrogen-bond acceptors (Lipinski definition) is 3. The molecule has 1 atom stereocenters. The summed E-state index contributed by atoms with van der Waals surface area (Å²) in [6.45, 7) is 2.91. The van der Waals surface area contributed by atoms with E-state index in [4.69, 9.17) is 4.74 Å². The molecule has 2 fully saturated rings. The summed E-state index contributed by atoms with van der Waals surface area (Å²) < 4.78 is 5.16. The lowest BCUT2D eigenvalue weighted by molar-refractivity contribution is -0.0650. The topological polar surface area (TPSA) is 33.3 Å². The molecule has 10 heavy (non-hydrogen) atoms. The summed E-state index contributed by atoms with van der Waals surface area (Å²) in [7, 11) is 2.02. The quantitative estimate of drug-likeness (QED) is 0.510. The van der Waals surface area contributed by atoms with Crippen LogP contribution in [0.5, 0.6) is 0 Å². The molecule has 0 aromatic rings. The van der Waals surface area contributed by atoms with Crippen LogP contribution >= 0.6 is 0 Å². The van der Waals surface area contributed by atoms with E-state index in [0.29, 0.717) is 11.6 Å². The summed E-state index contributed by atoms with van der Waals surface area (Å²) in [5.41, 5.74) is 0.355. The Morgan fingerprint density at radius 3 is 2.70 bits per heavy atom. The largest absolute Gasteiger partial charge is 0.377 e. The van der Waals surface area contributed by atoms with Crippen molar-refractivity contribution in [2.75, 3.05) is 26.8 Å². The summed E-state index contributed by atoms with van der Waals surface area (Å²) in [5, 5.41) is 6.75. The molecule has 3 nitrogen and oxygen atoms in total. The van der Waals surface area contributed by atoms with E-state index in [0.717, 1.165) is 19.8 Å². The molecule has 2 aliphatic rings. The molecule has 0 aromatic heterocycles. The Bertz CT molecular complexity index is 134. The molecular weight excluding hydrogens is 128 g/mol. The van der Waals surface area contributed by atoms with Crippen molar-refractivity contribution in [3.05, 3.63) is 0 Å². The van der Waals surface area contributed by atoms with Crippen LogP contribution in [0.25, 0.3) is 0 Å². The molecule has 2 N–H and O–H groups in total. The first-order chi connectivity index (χ1) is 4.85. The van der Waals surface area contributed by atoms with E-state index in [1.165, 1.54) is 6.42 Å². The first-order valence-corrected chi connectivity index (χ1v) is 3.85. The molecule has 2 rings (SSSR count). The molecule has 1 unspecified atom stereocenters. The maximum absolute atomic E-state index is 5.16. The number of rotatable bonds is 1. The van der Waals surface area contributed by atoms with Gasteiger partial charge in [-0.3, -0.25) is 0 Å². The van der Waals surface area contributed by atoms with Gasteiger partial charge in [-0.2, -0.15) is 0 Å². The first-order valence-electron chi connectivity index (χ1n) is 3.85. The summed E-state index contributed by atoms with van der Waals surface area (Å²) in [6, 6.07) is 0.656. The standard InChI is InChI=1S/C7H14N2O/c1-8-6-2-7(9-3-6)4-10-5-7/h6,8-9H,2-5H2,1H3. The third-order valence-corrected chi connectivity index (χ3v) is 2.53. The third-order valence-electron chi connectivity index (χ3n) is 2.53. The fourth-order valence-electron chi connectivity index (χ4n) is 1.73. The van der Waals surface area contributed by atoms with Gasteiger partial charge in [0.1, 0.15) is 0 Å². The summed E-state index contributed by atoms with van der Waals surface area (Å²) in [4.78, 5) is 0. The van der Waals surface area contributed by atoms with E-state index in [9.17, 15) is 0 Å². The number of hydrogen-bond donors (Lipinski definition) is 2. The second-order valence-corrected chi connectivity index (χ2v) is 3.34. The van der Waals surface area contributed by atoms with E-state index in [-0.39, 0.29) is 0 Å². The van der Waals surface area contributed by atoms with Crippen molar-refractivity contribution in [2.45, 2.75) is 18.0 Å². The van der Waals surface area contributed by atoms with Crippen molar-refractivity contribution in [3.8, 4) is 0 Å². The van der Waals surface area contributed by atoms with Gasteiger partial charge >= 0.3 is 0 Å². The highest BCUT2D eigenvalue weighted by Gasteiger charge is 2.44. The molecule has 0 bridgehead atoms. The van der Waals surface area contributed by atoms with Crippen LogP contribution in [0.15, 0.2) is 0 Å². The lowest BCUT2D eigenvalue weighted by Gasteiger charge is -2.38. The monoisotopic (exact) mass is 142 g/mol. The van der Waals surface area contributed by atoms with Gasteiger partial charge in [0.2, 0.25) is 0 Å². The minimum Gasteiger partial charge on any atom is -0.377 e. The van der Waals surface area contributed by atoms with Gasteiger partial charge in [0.15, 0.2) is 0 Å². The minimum absolute atomic E-state index is 0.355. The lowest BCUT2D eigenvalue weighted by Crippen LogP contribution is -2.56. The maximum atomic E-state index is 5.16. The maximum Gasteiger partial charge on any atom is 0.0672 e. The van der Waals surface area contributed by atoms with Crippen molar-refractivity contribution in [1.82, 2.24) is 10.6 Å². The van der Waals surface area contributed by atoms with E-state index >= 15 is 0 Å². The van der Waals surface area contributed by atoms with Gasteiger partial charge in [-0.1, -0.05) is 0 Å². The third kappa shape index (κ3) is 0.856. The van der Waals surface area contributed by atoms with Crippen molar-refractivity contribution in [1.29, 1.82) is 0 Å². The van der Waals surface area contributed by atoms with Crippen LogP contribution in [-0.2, 0) is 4.74 Å². The number of likely N-dealkylation sites (N-methyl/N-ethyl adjacent to an activating group) is 1. The molecule has 2 saturated heterocycles. The smallest absolute Gasteiger partial charge is 0.0672 e. The minimum atomic E-state index is 0.355. The van der Waals surface area contributed by atoms with Gasteiger partial charge in [-0.25, -0.2) is 0 Å². The molecule has 0 aliphatic carbocycles. The van der Waals surface area contributed by atoms with Gasteiger partial charge in [0.25, 0.3) is 0 Å². The van der Waals surface area contributed by atoms with Gasteiger partial charge in [-0.05, 0) is 13.5 Å². The molecule has 2 heterocycles. The Morgan fingerprint density at radius 2 is 2.40 bits per heavy atom. The molecule has 1 spiro atoms. The SMILES string of the molecule is CNC1CNC2(COC2)C1. The van der Waals surface area contributed by atoms with Crippen molar-refractivity contribution in [2.24, 2.45) is 0 Å². The van der Waals surface area contributed by atoms with Crippen LogP contribution < -0.4 is 10.6 Å². The number of nitrogens with one attached hydrogen (secondary N) is 2. The molecule has 0 radical (unpaired) electrons. The molecule has 3 heteroatoms. The van der Waals surface area contributed by atoms with Gasteiger partial charge in [0.05, 0.1) is 18.8 Å². The van der Waals surface area contributed by atoms with Crippen LogP contribution in [0.1, 0.15) is 6.42 Å². The second-order valence-electron chi connectivity index (χ2n) is 3.34. The van der Waals surface area contributed by atoms with Crippen LogP contribution in [0.4, 0.5) is 0 Å². The molecule has 0 saturated carbocycles. The Morgan fingerprint density at radius 1 is 1.60 bits per heavy atom. The van der Waals surface area contributed by atoms with E-state index in [1.54, 1.807) is 0 Å². The first kappa shape index (κ1) is 6.58. The molecule has 0 amide bonds. The Labute approximate surface area is 61.1 Å². The average molecular weight is 142 g/mol.